The van der Waals surface area contributed by atoms with Gasteiger partial charge in [0, 0.05) is 32.8 Å². The highest BCUT2D eigenvalue weighted by molar-refractivity contribution is 5.73. The molecule has 5 heteroatoms. The van der Waals surface area contributed by atoms with Crippen molar-refractivity contribution < 1.29 is 4.79 Å². The molecule has 1 aromatic heterocycles. The van der Waals surface area contributed by atoms with E-state index in [1.807, 2.05) is 12.5 Å². The van der Waals surface area contributed by atoms with Crippen molar-refractivity contribution in [2.75, 3.05) is 13.6 Å². The second kappa shape index (κ2) is 6.15. The number of urea groups is 1. The number of carbonyl (C=O) groups is 1. The molecule has 0 spiro atoms. The Kier molecular flexibility index (Phi) is 4.82. The Bertz CT molecular complexity index is 332. The second-order valence-electron chi connectivity index (χ2n) is 4.21. The molecule has 1 heterocycles. The third-order valence-corrected chi connectivity index (χ3v) is 2.16. The highest BCUT2D eigenvalue weighted by Gasteiger charge is 2.01. The standard InChI is InChI=1S/C11H20N4O/c1-9(2)6-15-7-10(14-8-15)4-5-13-11(16)12-3/h7-9H,4-6H2,1-3H3,(H2,12,13,16). The fraction of sp³-hybridized carbons (Fsp3) is 0.636. The topological polar surface area (TPSA) is 59.0 Å². The molecule has 0 unspecified atom stereocenters. The van der Waals surface area contributed by atoms with Crippen LogP contribution in [0, 0.1) is 5.92 Å². The zero-order valence-electron chi connectivity index (χ0n) is 10.2. The Balaban J connectivity index is 2.32. The molecule has 1 rings (SSSR count). The van der Waals surface area contributed by atoms with Crippen molar-refractivity contribution in [2.45, 2.75) is 26.8 Å². The highest BCUT2D eigenvalue weighted by Crippen LogP contribution is 2.01. The van der Waals surface area contributed by atoms with E-state index < -0.39 is 0 Å². The molecule has 0 fully saturated rings. The van der Waals surface area contributed by atoms with Gasteiger partial charge in [-0.1, -0.05) is 13.8 Å². The smallest absolute Gasteiger partial charge is 0.314 e. The lowest BCUT2D eigenvalue weighted by Crippen LogP contribution is -2.34. The predicted molar refractivity (Wildman–Crippen MR) is 63.2 cm³/mol. The molecule has 0 aliphatic heterocycles. The van der Waals surface area contributed by atoms with Crippen LogP contribution < -0.4 is 10.6 Å². The first-order valence-corrected chi connectivity index (χ1v) is 5.58. The Morgan fingerprint density at radius 2 is 2.31 bits per heavy atom. The molecule has 1 aromatic rings. The van der Waals surface area contributed by atoms with Gasteiger partial charge in [-0.2, -0.15) is 0 Å². The average molecular weight is 224 g/mol. The summed E-state index contributed by atoms with van der Waals surface area (Å²) in [5.74, 6) is 0.617. The summed E-state index contributed by atoms with van der Waals surface area (Å²) in [5.41, 5.74) is 1.01. The molecule has 0 aliphatic carbocycles. The normalized spacial score (nSPS) is 10.5. The van der Waals surface area contributed by atoms with Crippen LogP contribution in [0.5, 0.6) is 0 Å². The van der Waals surface area contributed by atoms with Gasteiger partial charge in [0.2, 0.25) is 0 Å². The maximum atomic E-state index is 10.9. The van der Waals surface area contributed by atoms with Crippen molar-refractivity contribution in [2.24, 2.45) is 5.92 Å². The summed E-state index contributed by atoms with van der Waals surface area (Å²) in [5, 5.41) is 5.24. The first-order chi connectivity index (χ1) is 7.61. The van der Waals surface area contributed by atoms with E-state index in [-0.39, 0.29) is 6.03 Å². The molecule has 0 saturated heterocycles. The third-order valence-electron chi connectivity index (χ3n) is 2.16. The molecule has 90 valence electrons. The third kappa shape index (κ3) is 4.33. The van der Waals surface area contributed by atoms with Gasteiger partial charge < -0.3 is 15.2 Å². The summed E-state index contributed by atoms with van der Waals surface area (Å²) in [6.07, 6.45) is 4.64. The lowest BCUT2D eigenvalue weighted by molar-refractivity contribution is 0.243. The molecule has 2 N–H and O–H groups in total. The molecule has 2 amide bonds. The molecule has 0 atom stereocenters. The summed E-state index contributed by atoms with van der Waals surface area (Å²) in [4.78, 5) is 15.2. The summed E-state index contributed by atoms with van der Waals surface area (Å²) >= 11 is 0. The van der Waals surface area contributed by atoms with E-state index >= 15 is 0 Å². The van der Waals surface area contributed by atoms with Gasteiger partial charge in [0.05, 0.1) is 12.0 Å². The van der Waals surface area contributed by atoms with E-state index in [0.717, 1.165) is 18.7 Å². The number of amides is 2. The van der Waals surface area contributed by atoms with E-state index in [0.29, 0.717) is 12.5 Å². The first kappa shape index (κ1) is 12.5. The van der Waals surface area contributed by atoms with Gasteiger partial charge in [-0.15, -0.1) is 0 Å². The molecule has 5 nitrogen and oxygen atoms in total. The van der Waals surface area contributed by atoms with E-state index in [9.17, 15) is 4.79 Å². The SMILES string of the molecule is CNC(=O)NCCc1cn(CC(C)C)cn1. The fourth-order valence-corrected chi connectivity index (χ4v) is 1.45. The lowest BCUT2D eigenvalue weighted by atomic mass is 10.2. The molecular formula is C11H20N4O. The van der Waals surface area contributed by atoms with E-state index in [1.54, 1.807) is 7.05 Å². The van der Waals surface area contributed by atoms with Crippen LogP contribution >= 0.6 is 0 Å². The molecule has 0 aliphatic rings. The maximum absolute atomic E-state index is 10.9. The van der Waals surface area contributed by atoms with Crippen LogP contribution in [0.2, 0.25) is 0 Å². The second-order valence-corrected chi connectivity index (χ2v) is 4.21. The lowest BCUT2D eigenvalue weighted by Gasteiger charge is -2.04. The molecule has 0 radical (unpaired) electrons. The minimum absolute atomic E-state index is 0.151. The quantitative estimate of drug-likeness (QED) is 0.784. The molecule has 16 heavy (non-hydrogen) atoms. The monoisotopic (exact) mass is 224 g/mol. The number of hydrogen-bond donors (Lipinski definition) is 2. The van der Waals surface area contributed by atoms with Crippen LogP contribution in [0.4, 0.5) is 4.79 Å². The Morgan fingerprint density at radius 3 is 2.94 bits per heavy atom. The van der Waals surface area contributed by atoms with Crippen molar-refractivity contribution in [1.29, 1.82) is 0 Å². The Morgan fingerprint density at radius 1 is 1.56 bits per heavy atom. The number of aromatic nitrogens is 2. The number of rotatable bonds is 5. The maximum Gasteiger partial charge on any atom is 0.314 e. The van der Waals surface area contributed by atoms with Crippen LogP contribution in [0.15, 0.2) is 12.5 Å². The molecule has 0 saturated carbocycles. The summed E-state index contributed by atoms with van der Waals surface area (Å²) < 4.78 is 2.08. The van der Waals surface area contributed by atoms with Crippen molar-refractivity contribution >= 4 is 6.03 Å². The number of carbonyl (C=O) groups excluding carboxylic acids is 1. The number of nitrogens with zero attached hydrogens (tertiary/aromatic N) is 2. The minimum Gasteiger partial charge on any atom is -0.341 e. The van der Waals surface area contributed by atoms with Crippen molar-refractivity contribution in [3.05, 3.63) is 18.2 Å². The van der Waals surface area contributed by atoms with E-state index in [1.165, 1.54) is 0 Å². The van der Waals surface area contributed by atoms with Gasteiger partial charge in [0.1, 0.15) is 0 Å². The summed E-state index contributed by atoms with van der Waals surface area (Å²) in [6.45, 7) is 5.94. The van der Waals surface area contributed by atoms with E-state index in [4.69, 9.17) is 0 Å². The van der Waals surface area contributed by atoms with Crippen LogP contribution in [0.25, 0.3) is 0 Å². The average Bonchev–Trinajstić information content (AvgIpc) is 2.64. The van der Waals surface area contributed by atoms with Gasteiger partial charge >= 0.3 is 6.03 Å². The molecule has 0 bridgehead atoms. The molecule has 0 aromatic carbocycles. The number of hydrogen-bond acceptors (Lipinski definition) is 2. The van der Waals surface area contributed by atoms with Gasteiger partial charge in [0.25, 0.3) is 0 Å². The zero-order chi connectivity index (χ0) is 12.0. The minimum atomic E-state index is -0.151. The largest absolute Gasteiger partial charge is 0.341 e. The van der Waals surface area contributed by atoms with Crippen LogP contribution in [-0.4, -0.2) is 29.2 Å². The fourth-order valence-electron chi connectivity index (χ4n) is 1.45. The summed E-state index contributed by atoms with van der Waals surface area (Å²) in [7, 11) is 1.60. The molecular weight excluding hydrogens is 204 g/mol. The number of imidazole rings is 1. The predicted octanol–water partition coefficient (Wildman–Crippen LogP) is 1.01. The zero-order valence-corrected chi connectivity index (χ0v) is 10.2. The van der Waals surface area contributed by atoms with Crippen LogP contribution in [0.1, 0.15) is 19.5 Å². The van der Waals surface area contributed by atoms with Gasteiger partial charge in [-0.25, -0.2) is 9.78 Å². The Labute approximate surface area is 96.3 Å². The van der Waals surface area contributed by atoms with Crippen LogP contribution in [0.3, 0.4) is 0 Å². The van der Waals surface area contributed by atoms with Crippen molar-refractivity contribution in [1.82, 2.24) is 20.2 Å². The van der Waals surface area contributed by atoms with Gasteiger partial charge in [0.15, 0.2) is 0 Å². The Hall–Kier alpha value is -1.52. The van der Waals surface area contributed by atoms with E-state index in [2.05, 4.69) is 34.0 Å². The number of nitrogens with one attached hydrogen (secondary N) is 2. The summed E-state index contributed by atoms with van der Waals surface area (Å²) in [6, 6.07) is -0.151. The first-order valence-electron chi connectivity index (χ1n) is 5.58. The highest BCUT2D eigenvalue weighted by atomic mass is 16.2. The van der Waals surface area contributed by atoms with Crippen LogP contribution in [-0.2, 0) is 13.0 Å². The van der Waals surface area contributed by atoms with Gasteiger partial charge in [-0.05, 0) is 5.92 Å². The van der Waals surface area contributed by atoms with Crippen molar-refractivity contribution in [3.8, 4) is 0 Å². The van der Waals surface area contributed by atoms with Crippen molar-refractivity contribution in [3.63, 3.8) is 0 Å². The van der Waals surface area contributed by atoms with Gasteiger partial charge in [-0.3, -0.25) is 0 Å².